The number of hydrogen-bond donors (Lipinski definition) is 0. The molecule has 2 fully saturated rings. The largest absolute Gasteiger partial charge is 0.455 e. The molecule has 19 heavy (non-hydrogen) atoms. The maximum atomic E-state index is 12.1. The lowest BCUT2D eigenvalue weighted by molar-refractivity contribution is -0.178. The Bertz CT molecular complexity index is 354. The van der Waals surface area contributed by atoms with Crippen LogP contribution in [0.4, 0.5) is 0 Å². The first-order valence-electron chi connectivity index (χ1n) is 7.84. The second-order valence-corrected chi connectivity index (χ2v) is 6.89. The number of carbonyl (C=O) groups is 1. The van der Waals surface area contributed by atoms with E-state index >= 15 is 0 Å². The fourth-order valence-electron chi connectivity index (χ4n) is 4.10. The number of ether oxygens (including phenoxy) is 1. The molecule has 0 saturated heterocycles. The number of rotatable bonds is 3. The van der Waals surface area contributed by atoms with Crippen LogP contribution in [0.25, 0.3) is 0 Å². The van der Waals surface area contributed by atoms with Gasteiger partial charge in [-0.1, -0.05) is 39.7 Å². The highest BCUT2D eigenvalue weighted by atomic mass is 16.6. The first-order valence-corrected chi connectivity index (χ1v) is 7.84. The summed E-state index contributed by atoms with van der Waals surface area (Å²) in [5.41, 5.74) is 0.312. The van der Waals surface area contributed by atoms with Crippen molar-refractivity contribution in [1.82, 2.24) is 0 Å². The van der Waals surface area contributed by atoms with E-state index in [1.165, 1.54) is 38.5 Å². The Kier molecular flexibility index (Phi) is 4.37. The molecule has 2 aliphatic rings. The maximum absolute atomic E-state index is 12.1. The molecule has 3 unspecified atom stereocenters. The fraction of sp³-hybridized carbons (Fsp3) is 0.824. The van der Waals surface area contributed by atoms with Crippen molar-refractivity contribution in [1.29, 1.82) is 0 Å². The molecule has 108 valence electrons. The zero-order valence-corrected chi connectivity index (χ0v) is 12.7. The van der Waals surface area contributed by atoms with Crippen LogP contribution in [0, 0.1) is 17.8 Å². The molecule has 0 aromatic rings. The molecular weight excluding hydrogens is 236 g/mol. The molecule has 2 rings (SSSR count). The quantitative estimate of drug-likeness (QED) is 0.554. The number of carbonyl (C=O) groups excluding carboxylic acids is 1. The second-order valence-electron chi connectivity index (χ2n) is 6.89. The van der Waals surface area contributed by atoms with Gasteiger partial charge in [0.25, 0.3) is 0 Å². The van der Waals surface area contributed by atoms with Crippen LogP contribution in [0.5, 0.6) is 0 Å². The van der Waals surface area contributed by atoms with E-state index in [9.17, 15) is 4.79 Å². The Morgan fingerprint density at radius 1 is 1.16 bits per heavy atom. The van der Waals surface area contributed by atoms with Crippen LogP contribution in [0.3, 0.4) is 0 Å². The van der Waals surface area contributed by atoms with E-state index in [-0.39, 0.29) is 11.6 Å². The first-order chi connectivity index (χ1) is 8.95. The van der Waals surface area contributed by atoms with Gasteiger partial charge >= 0.3 is 5.97 Å². The monoisotopic (exact) mass is 264 g/mol. The van der Waals surface area contributed by atoms with Gasteiger partial charge in [0.15, 0.2) is 0 Å². The molecule has 0 aliphatic heterocycles. The van der Waals surface area contributed by atoms with Gasteiger partial charge in [0.2, 0.25) is 0 Å². The molecule has 0 radical (unpaired) electrons. The molecule has 2 saturated carbocycles. The van der Waals surface area contributed by atoms with E-state index in [2.05, 4.69) is 20.4 Å². The lowest BCUT2D eigenvalue weighted by Crippen LogP contribution is -2.51. The number of esters is 1. The normalized spacial score (nSPS) is 36.2. The van der Waals surface area contributed by atoms with Gasteiger partial charge in [-0.15, -0.1) is 0 Å². The highest BCUT2D eigenvalue weighted by Gasteiger charge is 2.50. The third kappa shape index (κ3) is 2.88. The van der Waals surface area contributed by atoms with Gasteiger partial charge in [-0.05, 0) is 50.4 Å². The van der Waals surface area contributed by atoms with Crippen molar-refractivity contribution < 1.29 is 9.53 Å². The third-order valence-electron chi connectivity index (χ3n) is 5.27. The van der Waals surface area contributed by atoms with Gasteiger partial charge in [0, 0.05) is 5.57 Å². The zero-order chi connectivity index (χ0) is 14.0. The van der Waals surface area contributed by atoms with Gasteiger partial charge in [-0.2, -0.15) is 0 Å². The summed E-state index contributed by atoms with van der Waals surface area (Å²) in [5.74, 6) is 1.52. The summed E-state index contributed by atoms with van der Waals surface area (Å²) in [6.07, 6.45) is 8.51. The predicted octanol–water partition coefficient (Wildman–Crippen LogP) is 4.49. The van der Waals surface area contributed by atoms with E-state index in [1.54, 1.807) is 6.92 Å². The van der Waals surface area contributed by atoms with Gasteiger partial charge < -0.3 is 4.74 Å². The summed E-state index contributed by atoms with van der Waals surface area (Å²) < 4.78 is 6.07. The Balaban J connectivity index is 2.25. The van der Waals surface area contributed by atoms with E-state index in [0.717, 1.165) is 6.42 Å². The third-order valence-corrected chi connectivity index (χ3v) is 5.27. The summed E-state index contributed by atoms with van der Waals surface area (Å²) in [4.78, 5) is 12.1. The molecule has 2 nitrogen and oxygen atoms in total. The molecule has 3 atom stereocenters. The van der Waals surface area contributed by atoms with Crippen LogP contribution in [-0.2, 0) is 9.53 Å². The SMILES string of the molecule is C=C(C)C(=O)OC1(C2CCCC2)CC(C)CCC1C. The van der Waals surface area contributed by atoms with Crippen molar-refractivity contribution in [2.75, 3.05) is 0 Å². The van der Waals surface area contributed by atoms with E-state index in [0.29, 0.717) is 23.3 Å². The minimum Gasteiger partial charge on any atom is -0.455 e. The minimum absolute atomic E-state index is 0.187. The van der Waals surface area contributed by atoms with Gasteiger partial charge in [-0.3, -0.25) is 0 Å². The molecular formula is C17H28O2. The summed E-state index contributed by atoms with van der Waals surface area (Å²) >= 11 is 0. The van der Waals surface area contributed by atoms with Crippen LogP contribution in [0.2, 0.25) is 0 Å². The minimum atomic E-state index is -0.218. The summed E-state index contributed by atoms with van der Waals surface area (Å²) in [7, 11) is 0. The van der Waals surface area contributed by atoms with Crippen LogP contribution in [0.1, 0.15) is 65.7 Å². The first kappa shape index (κ1) is 14.6. The smallest absolute Gasteiger partial charge is 0.333 e. The molecule has 0 bridgehead atoms. The van der Waals surface area contributed by atoms with Gasteiger partial charge in [-0.25, -0.2) is 4.79 Å². The summed E-state index contributed by atoms with van der Waals surface area (Å²) in [5, 5.41) is 0. The van der Waals surface area contributed by atoms with E-state index < -0.39 is 0 Å². The van der Waals surface area contributed by atoms with Gasteiger partial charge in [0.05, 0.1) is 0 Å². The van der Waals surface area contributed by atoms with Crippen molar-refractivity contribution in [2.24, 2.45) is 17.8 Å². The molecule has 0 heterocycles. The fourth-order valence-corrected chi connectivity index (χ4v) is 4.10. The van der Waals surface area contributed by atoms with Crippen LogP contribution in [0.15, 0.2) is 12.2 Å². The molecule has 0 spiro atoms. The van der Waals surface area contributed by atoms with Crippen LogP contribution in [-0.4, -0.2) is 11.6 Å². The van der Waals surface area contributed by atoms with Crippen molar-refractivity contribution in [3.8, 4) is 0 Å². The lowest BCUT2D eigenvalue weighted by atomic mass is 9.65. The molecule has 2 aliphatic carbocycles. The summed E-state index contributed by atoms with van der Waals surface area (Å²) in [6, 6.07) is 0. The van der Waals surface area contributed by atoms with Crippen LogP contribution >= 0.6 is 0 Å². The van der Waals surface area contributed by atoms with Crippen molar-refractivity contribution in [2.45, 2.75) is 71.3 Å². The second kappa shape index (κ2) is 5.68. The Hall–Kier alpha value is -0.790. The van der Waals surface area contributed by atoms with Crippen LogP contribution < -0.4 is 0 Å². The number of hydrogen-bond acceptors (Lipinski definition) is 2. The van der Waals surface area contributed by atoms with Crippen molar-refractivity contribution in [3.05, 3.63) is 12.2 Å². The predicted molar refractivity (Wildman–Crippen MR) is 77.8 cm³/mol. The zero-order valence-electron chi connectivity index (χ0n) is 12.7. The standard InChI is InChI=1S/C17H28O2/c1-12(2)16(18)19-17(15-7-5-6-8-15)11-13(3)9-10-14(17)4/h13-15H,1,5-11H2,2-4H3. The Morgan fingerprint density at radius 2 is 1.79 bits per heavy atom. The van der Waals surface area contributed by atoms with Crippen molar-refractivity contribution >= 4 is 5.97 Å². The van der Waals surface area contributed by atoms with Crippen molar-refractivity contribution in [3.63, 3.8) is 0 Å². The average Bonchev–Trinajstić information content (AvgIpc) is 2.87. The molecule has 0 aromatic heterocycles. The maximum Gasteiger partial charge on any atom is 0.333 e. The average molecular weight is 264 g/mol. The molecule has 0 N–H and O–H groups in total. The lowest BCUT2D eigenvalue weighted by Gasteiger charge is -2.48. The Labute approximate surface area is 117 Å². The highest BCUT2D eigenvalue weighted by molar-refractivity contribution is 5.87. The van der Waals surface area contributed by atoms with Gasteiger partial charge in [0.1, 0.15) is 5.60 Å². The highest BCUT2D eigenvalue weighted by Crippen LogP contribution is 2.49. The van der Waals surface area contributed by atoms with E-state index in [1.807, 2.05) is 0 Å². The summed E-state index contributed by atoms with van der Waals surface area (Å²) in [6.45, 7) is 10.1. The van der Waals surface area contributed by atoms with E-state index in [4.69, 9.17) is 4.74 Å². The Morgan fingerprint density at radius 3 is 2.37 bits per heavy atom. The molecule has 2 heteroatoms. The topological polar surface area (TPSA) is 26.3 Å². The molecule has 0 amide bonds. The molecule has 0 aromatic carbocycles.